The second-order valence-corrected chi connectivity index (χ2v) is 2.57. The fourth-order valence-corrected chi connectivity index (χ4v) is 1.17. The van der Waals surface area contributed by atoms with Crippen molar-refractivity contribution in [2.45, 2.75) is 19.3 Å². The average molecular weight is 154 g/mol. The summed E-state index contributed by atoms with van der Waals surface area (Å²) in [5.41, 5.74) is 1.39. The predicted molar refractivity (Wildman–Crippen MR) is 44.1 cm³/mol. The second kappa shape index (κ2) is 5.10. The normalized spacial score (nSPS) is 17.7. The molecule has 0 aromatic rings. The first-order valence-corrected chi connectivity index (χ1v) is 3.97. The van der Waals surface area contributed by atoms with E-state index in [2.05, 4.69) is 12.2 Å². The van der Waals surface area contributed by atoms with E-state index in [4.69, 9.17) is 9.84 Å². The van der Waals surface area contributed by atoms with Crippen LogP contribution in [-0.2, 0) is 4.74 Å². The van der Waals surface area contributed by atoms with Crippen LogP contribution in [0.15, 0.2) is 23.8 Å². The van der Waals surface area contributed by atoms with Crippen molar-refractivity contribution in [2.75, 3.05) is 13.4 Å². The Morgan fingerprint density at radius 1 is 1.64 bits per heavy atom. The third-order valence-corrected chi connectivity index (χ3v) is 1.71. The van der Waals surface area contributed by atoms with Gasteiger partial charge in [0.05, 0.1) is 6.61 Å². The van der Waals surface area contributed by atoms with Crippen molar-refractivity contribution in [1.29, 1.82) is 0 Å². The number of aliphatic hydroxyl groups is 1. The van der Waals surface area contributed by atoms with Crippen LogP contribution < -0.4 is 0 Å². The molecule has 1 aliphatic rings. The van der Waals surface area contributed by atoms with Crippen molar-refractivity contribution in [2.24, 2.45) is 0 Å². The van der Waals surface area contributed by atoms with Crippen molar-refractivity contribution in [1.82, 2.24) is 0 Å². The van der Waals surface area contributed by atoms with Crippen LogP contribution in [0.25, 0.3) is 0 Å². The number of ether oxygens (including phenoxy) is 1. The Kier molecular flexibility index (Phi) is 3.94. The molecule has 0 heterocycles. The third kappa shape index (κ3) is 3.35. The fraction of sp³-hybridized carbons (Fsp3) is 0.556. The fourth-order valence-electron chi connectivity index (χ4n) is 1.17. The largest absolute Gasteiger partial charge is 0.371 e. The number of aliphatic hydroxyl groups excluding tert-OH is 1. The molecule has 0 bridgehead atoms. The van der Waals surface area contributed by atoms with Gasteiger partial charge >= 0.3 is 0 Å². The van der Waals surface area contributed by atoms with Gasteiger partial charge in [0.1, 0.15) is 6.79 Å². The van der Waals surface area contributed by atoms with Gasteiger partial charge in [-0.2, -0.15) is 0 Å². The topological polar surface area (TPSA) is 29.5 Å². The number of rotatable bonds is 4. The van der Waals surface area contributed by atoms with Gasteiger partial charge in [0.2, 0.25) is 0 Å². The zero-order chi connectivity index (χ0) is 7.94. The van der Waals surface area contributed by atoms with Crippen LogP contribution in [0, 0.1) is 0 Å². The summed E-state index contributed by atoms with van der Waals surface area (Å²) >= 11 is 0. The van der Waals surface area contributed by atoms with Gasteiger partial charge in [-0.15, -0.1) is 0 Å². The molecule has 11 heavy (non-hydrogen) atoms. The van der Waals surface area contributed by atoms with Crippen molar-refractivity contribution >= 4 is 0 Å². The zero-order valence-electron chi connectivity index (χ0n) is 6.62. The summed E-state index contributed by atoms with van der Waals surface area (Å²) in [7, 11) is 0. The number of hydrogen-bond donors (Lipinski definition) is 1. The van der Waals surface area contributed by atoms with Gasteiger partial charge in [0, 0.05) is 0 Å². The number of allylic oxidation sites excluding steroid dienone is 3. The molecular weight excluding hydrogens is 140 g/mol. The third-order valence-electron chi connectivity index (χ3n) is 1.71. The summed E-state index contributed by atoms with van der Waals surface area (Å²) in [6.07, 6.45) is 9.93. The van der Waals surface area contributed by atoms with Crippen LogP contribution in [-0.4, -0.2) is 18.5 Å². The van der Waals surface area contributed by atoms with Crippen LogP contribution in [0.4, 0.5) is 0 Å². The van der Waals surface area contributed by atoms with E-state index in [0.717, 1.165) is 0 Å². The van der Waals surface area contributed by atoms with Gasteiger partial charge in [0.25, 0.3) is 0 Å². The van der Waals surface area contributed by atoms with E-state index in [-0.39, 0.29) is 6.79 Å². The molecule has 0 saturated heterocycles. The molecule has 0 unspecified atom stereocenters. The Labute approximate surface area is 67.2 Å². The minimum atomic E-state index is -0.191. The quantitative estimate of drug-likeness (QED) is 0.492. The molecule has 1 N–H and O–H groups in total. The van der Waals surface area contributed by atoms with Gasteiger partial charge in [-0.05, 0) is 19.3 Å². The molecule has 2 nitrogen and oxygen atoms in total. The van der Waals surface area contributed by atoms with E-state index >= 15 is 0 Å². The Morgan fingerprint density at radius 3 is 3.18 bits per heavy atom. The Balaban J connectivity index is 2.13. The van der Waals surface area contributed by atoms with E-state index in [9.17, 15) is 0 Å². The smallest absolute Gasteiger partial charge is 0.143 e. The Hall–Kier alpha value is -0.600. The van der Waals surface area contributed by atoms with Crippen LogP contribution in [0.1, 0.15) is 19.3 Å². The van der Waals surface area contributed by atoms with Gasteiger partial charge in [-0.1, -0.05) is 23.8 Å². The monoisotopic (exact) mass is 154 g/mol. The summed E-state index contributed by atoms with van der Waals surface area (Å²) in [5.74, 6) is 0. The molecule has 62 valence electrons. The summed E-state index contributed by atoms with van der Waals surface area (Å²) in [6.45, 7) is 0.317. The first-order chi connectivity index (χ1) is 5.43. The van der Waals surface area contributed by atoms with E-state index in [1.165, 1.54) is 24.8 Å². The molecule has 0 aromatic heterocycles. The lowest BCUT2D eigenvalue weighted by Gasteiger charge is -1.93. The second-order valence-electron chi connectivity index (χ2n) is 2.57. The van der Waals surface area contributed by atoms with Gasteiger partial charge in [-0.3, -0.25) is 0 Å². The molecule has 1 rings (SSSR count). The highest BCUT2D eigenvalue weighted by Crippen LogP contribution is 2.17. The lowest BCUT2D eigenvalue weighted by Crippen LogP contribution is -1.90. The maximum Gasteiger partial charge on any atom is 0.143 e. The molecule has 0 spiro atoms. The van der Waals surface area contributed by atoms with Crippen molar-refractivity contribution in [3.05, 3.63) is 23.8 Å². The van der Waals surface area contributed by atoms with E-state index < -0.39 is 0 Å². The molecule has 0 fully saturated rings. The zero-order valence-corrected chi connectivity index (χ0v) is 6.62. The van der Waals surface area contributed by atoms with Gasteiger partial charge < -0.3 is 9.84 Å². The maximum atomic E-state index is 8.29. The van der Waals surface area contributed by atoms with E-state index in [1.807, 2.05) is 6.08 Å². The SMILES string of the molecule is OCOC/C=C/C1=CCCC1. The highest BCUT2D eigenvalue weighted by Gasteiger charge is 1.98. The van der Waals surface area contributed by atoms with Crippen LogP contribution in [0.5, 0.6) is 0 Å². The van der Waals surface area contributed by atoms with Gasteiger partial charge in [0.15, 0.2) is 0 Å². The van der Waals surface area contributed by atoms with E-state index in [1.54, 1.807) is 0 Å². The molecule has 0 amide bonds. The highest BCUT2D eigenvalue weighted by atomic mass is 16.6. The molecule has 0 saturated carbocycles. The lowest BCUT2D eigenvalue weighted by molar-refractivity contribution is 0.0131. The first-order valence-electron chi connectivity index (χ1n) is 3.97. The Bertz CT molecular complexity index is 159. The maximum absolute atomic E-state index is 8.29. The summed E-state index contributed by atoms with van der Waals surface area (Å²) < 4.78 is 4.73. The van der Waals surface area contributed by atoms with E-state index in [0.29, 0.717) is 6.61 Å². The molecule has 0 aromatic carbocycles. The summed E-state index contributed by atoms with van der Waals surface area (Å²) in [6, 6.07) is 0. The minimum absolute atomic E-state index is 0.191. The molecule has 2 heteroatoms. The molecule has 0 radical (unpaired) electrons. The standard InChI is InChI=1S/C9H14O2/c10-8-11-7-3-6-9-4-1-2-5-9/h3-4,6,10H,1-2,5,7-8H2/b6-3+. The summed E-state index contributed by atoms with van der Waals surface area (Å²) in [5, 5.41) is 8.29. The van der Waals surface area contributed by atoms with Crippen LogP contribution in [0.2, 0.25) is 0 Å². The van der Waals surface area contributed by atoms with Crippen LogP contribution in [0.3, 0.4) is 0 Å². The molecular formula is C9H14O2. The average Bonchev–Trinajstić information content (AvgIpc) is 2.50. The van der Waals surface area contributed by atoms with Crippen molar-refractivity contribution < 1.29 is 9.84 Å². The minimum Gasteiger partial charge on any atom is -0.371 e. The highest BCUT2D eigenvalue weighted by molar-refractivity contribution is 5.21. The van der Waals surface area contributed by atoms with Crippen molar-refractivity contribution in [3.63, 3.8) is 0 Å². The van der Waals surface area contributed by atoms with Crippen molar-refractivity contribution in [3.8, 4) is 0 Å². The lowest BCUT2D eigenvalue weighted by atomic mass is 10.2. The van der Waals surface area contributed by atoms with Gasteiger partial charge in [-0.25, -0.2) is 0 Å². The predicted octanol–water partition coefficient (Wildman–Crippen LogP) is 1.62. The Morgan fingerprint density at radius 2 is 2.55 bits per heavy atom. The molecule has 1 aliphatic carbocycles. The number of hydrogen-bond acceptors (Lipinski definition) is 2. The van der Waals surface area contributed by atoms with Crippen LogP contribution >= 0.6 is 0 Å². The summed E-state index contributed by atoms with van der Waals surface area (Å²) in [4.78, 5) is 0. The molecule has 0 aliphatic heterocycles. The first kappa shape index (κ1) is 8.50. The molecule has 0 atom stereocenters.